The molecule has 0 bridgehead atoms. The van der Waals surface area contributed by atoms with E-state index in [0.717, 1.165) is 5.56 Å². The van der Waals surface area contributed by atoms with E-state index in [4.69, 9.17) is 4.42 Å². The smallest absolute Gasteiger partial charge is 0.221 e. The van der Waals surface area contributed by atoms with Crippen LogP contribution in [0, 0.1) is 6.92 Å². The van der Waals surface area contributed by atoms with Crippen molar-refractivity contribution in [1.82, 2.24) is 9.97 Å². The fourth-order valence-electron chi connectivity index (χ4n) is 1.34. The number of amides is 1. The molecule has 0 aliphatic carbocycles. The van der Waals surface area contributed by atoms with Crippen LogP contribution in [-0.2, 0) is 4.79 Å². The van der Waals surface area contributed by atoms with Crippen LogP contribution in [0.3, 0.4) is 0 Å². The second-order valence-corrected chi connectivity index (χ2v) is 3.39. The van der Waals surface area contributed by atoms with Crippen molar-refractivity contribution >= 4 is 11.6 Å². The number of hydrogen-bond donors (Lipinski definition) is 1. The third kappa shape index (κ3) is 3.69. The Morgan fingerprint density at radius 1 is 1.28 bits per heavy atom. The molecule has 18 heavy (non-hydrogen) atoms. The van der Waals surface area contributed by atoms with Gasteiger partial charge in [0.05, 0.1) is 18.1 Å². The number of aryl methyl sites for hydroxylation is 1. The number of anilines is 1. The minimum absolute atomic E-state index is 0.132. The predicted molar refractivity (Wildman–Crippen MR) is 70.1 cm³/mol. The highest BCUT2D eigenvalue weighted by Crippen LogP contribution is 2.21. The minimum Gasteiger partial charge on any atom is -0.441 e. The summed E-state index contributed by atoms with van der Waals surface area (Å²) in [5, 5.41) is 2.66. The molecule has 2 aromatic heterocycles. The Hall–Kier alpha value is -2.17. The molecule has 0 aliphatic rings. The molecule has 0 aliphatic heterocycles. The van der Waals surface area contributed by atoms with Crippen molar-refractivity contribution in [3.63, 3.8) is 0 Å². The minimum atomic E-state index is -0.132. The maximum absolute atomic E-state index is 10.9. The topological polar surface area (TPSA) is 68.0 Å². The summed E-state index contributed by atoms with van der Waals surface area (Å²) in [6.07, 6.45) is 4.86. The standard InChI is InChI=1S/C11H11N3O2.C2H6/c1-7(15)14-10-3-9(4-12-5-10)11-6-13-8(2)16-11;1-2/h3-6H,1-2H3,(H,14,15);1-2H3. The van der Waals surface area contributed by atoms with Gasteiger partial charge in [-0.2, -0.15) is 0 Å². The number of nitrogens with zero attached hydrogens (tertiary/aromatic N) is 2. The van der Waals surface area contributed by atoms with Crippen molar-refractivity contribution < 1.29 is 9.21 Å². The molecule has 0 spiro atoms. The molecule has 2 aromatic rings. The van der Waals surface area contributed by atoms with Crippen molar-refractivity contribution in [1.29, 1.82) is 0 Å². The third-order valence-electron chi connectivity index (χ3n) is 1.96. The quantitative estimate of drug-likeness (QED) is 0.885. The molecule has 0 radical (unpaired) electrons. The lowest BCUT2D eigenvalue weighted by Crippen LogP contribution is -2.05. The molecule has 0 unspecified atom stereocenters. The molecule has 0 atom stereocenters. The number of hydrogen-bond acceptors (Lipinski definition) is 4. The van der Waals surface area contributed by atoms with E-state index in [9.17, 15) is 4.79 Å². The number of rotatable bonds is 2. The van der Waals surface area contributed by atoms with Gasteiger partial charge >= 0.3 is 0 Å². The Kier molecular flexibility index (Phi) is 5.05. The first-order chi connectivity index (χ1) is 8.65. The summed E-state index contributed by atoms with van der Waals surface area (Å²) in [6, 6.07) is 1.79. The molecular formula is C13H17N3O2. The van der Waals surface area contributed by atoms with Crippen LogP contribution in [0.2, 0.25) is 0 Å². The zero-order chi connectivity index (χ0) is 13.5. The maximum atomic E-state index is 10.9. The molecule has 1 amide bonds. The first-order valence-corrected chi connectivity index (χ1v) is 5.80. The van der Waals surface area contributed by atoms with Gasteiger partial charge in [0.25, 0.3) is 0 Å². The van der Waals surface area contributed by atoms with Crippen LogP contribution < -0.4 is 5.32 Å². The van der Waals surface area contributed by atoms with Gasteiger partial charge in [0.2, 0.25) is 5.91 Å². The summed E-state index contributed by atoms with van der Waals surface area (Å²) >= 11 is 0. The zero-order valence-electron chi connectivity index (χ0n) is 11.0. The summed E-state index contributed by atoms with van der Waals surface area (Å²) in [6.45, 7) is 7.22. The molecule has 5 heteroatoms. The van der Waals surface area contributed by atoms with Crippen molar-refractivity contribution in [2.24, 2.45) is 0 Å². The SMILES string of the molecule is CC.CC(=O)Nc1cncc(-c2cnc(C)o2)c1. The molecule has 0 saturated carbocycles. The second-order valence-electron chi connectivity index (χ2n) is 3.39. The van der Waals surface area contributed by atoms with Crippen LogP contribution in [0.25, 0.3) is 11.3 Å². The van der Waals surface area contributed by atoms with E-state index >= 15 is 0 Å². The summed E-state index contributed by atoms with van der Waals surface area (Å²) in [7, 11) is 0. The van der Waals surface area contributed by atoms with Crippen molar-refractivity contribution in [2.45, 2.75) is 27.7 Å². The Morgan fingerprint density at radius 2 is 2.00 bits per heavy atom. The number of nitrogens with one attached hydrogen (secondary N) is 1. The normalized spacial score (nSPS) is 9.33. The van der Waals surface area contributed by atoms with Gasteiger partial charge in [0.1, 0.15) is 0 Å². The van der Waals surface area contributed by atoms with E-state index in [0.29, 0.717) is 17.3 Å². The Bertz CT molecular complexity index is 520. The highest BCUT2D eigenvalue weighted by molar-refractivity contribution is 5.89. The zero-order valence-corrected chi connectivity index (χ0v) is 11.0. The molecule has 96 valence electrons. The van der Waals surface area contributed by atoms with E-state index < -0.39 is 0 Å². The van der Waals surface area contributed by atoms with Gasteiger partial charge in [-0.15, -0.1) is 0 Å². The predicted octanol–water partition coefficient (Wildman–Crippen LogP) is 3.03. The maximum Gasteiger partial charge on any atom is 0.221 e. The first kappa shape index (κ1) is 13.9. The molecule has 2 heterocycles. The lowest BCUT2D eigenvalue weighted by Gasteiger charge is -2.02. The molecule has 2 rings (SSSR count). The van der Waals surface area contributed by atoms with Gasteiger partial charge in [-0.1, -0.05) is 13.8 Å². The lowest BCUT2D eigenvalue weighted by atomic mass is 10.2. The van der Waals surface area contributed by atoms with E-state index in [1.165, 1.54) is 6.92 Å². The molecule has 0 aromatic carbocycles. The molecular weight excluding hydrogens is 230 g/mol. The fourth-order valence-corrected chi connectivity index (χ4v) is 1.34. The molecule has 5 nitrogen and oxygen atoms in total. The van der Waals surface area contributed by atoms with Crippen molar-refractivity contribution in [3.05, 3.63) is 30.5 Å². The summed E-state index contributed by atoms with van der Waals surface area (Å²) in [5.41, 5.74) is 1.42. The Balaban J connectivity index is 0.000000771. The van der Waals surface area contributed by atoms with Crippen molar-refractivity contribution in [2.75, 3.05) is 5.32 Å². The third-order valence-corrected chi connectivity index (χ3v) is 1.96. The van der Waals surface area contributed by atoms with Gasteiger partial charge in [-0.3, -0.25) is 9.78 Å². The van der Waals surface area contributed by atoms with E-state index in [1.54, 1.807) is 31.6 Å². The summed E-state index contributed by atoms with van der Waals surface area (Å²) in [5.74, 6) is 1.10. The van der Waals surface area contributed by atoms with Crippen LogP contribution >= 0.6 is 0 Å². The van der Waals surface area contributed by atoms with Crippen LogP contribution in [0.4, 0.5) is 5.69 Å². The van der Waals surface area contributed by atoms with Gasteiger partial charge in [-0.25, -0.2) is 4.98 Å². The van der Waals surface area contributed by atoms with Gasteiger partial charge in [0.15, 0.2) is 11.7 Å². The number of aromatic nitrogens is 2. The Labute approximate surface area is 106 Å². The van der Waals surface area contributed by atoms with E-state index in [1.807, 2.05) is 13.8 Å². The van der Waals surface area contributed by atoms with Crippen LogP contribution in [0.1, 0.15) is 26.7 Å². The lowest BCUT2D eigenvalue weighted by molar-refractivity contribution is -0.114. The molecule has 0 saturated heterocycles. The fraction of sp³-hybridized carbons (Fsp3) is 0.308. The number of carbonyl (C=O) groups is 1. The number of pyridine rings is 1. The second kappa shape index (κ2) is 6.54. The van der Waals surface area contributed by atoms with Gasteiger partial charge < -0.3 is 9.73 Å². The number of oxazole rings is 1. The summed E-state index contributed by atoms with van der Waals surface area (Å²) in [4.78, 5) is 18.9. The van der Waals surface area contributed by atoms with E-state index in [-0.39, 0.29) is 5.91 Å². The van der Waals surface area contributed by atoms with Crippen LogP contribution in [0.5, 0.6) is 0 Å². The van der Waals surface area contributed by atoms with Crippen LogP contribution in [0.15, 0.2) is 29.1 Å². The van der Waals surface area contributed by atoms with Gasteiger partial charge in [-0.05, 0) is 6.07 Å². The average Bonchev–Trinajstić information content (AvgIpc) is 2.78. The average molecular weight is 247 g/mol. The van der Waals surface area contributed by atoms with E-state index in [2.05, 4.69) is 15.3 Å². The summed E-state index contributed by atoms with van der Waals surface area (Å²) < 4.78 is 5.37. The monoisotopic (exact) mass is 247 g/mol. The van der Waals surface area contributed by atoms with Crippen molar-refractivity contribution in [3.8, 4) is 11.3 Å². The van der Waals surface area contributed by atoms with Gasteiger partial charge in [0, 0.05) is 25.6 Å². The highest BCUT2D eigenvalue weighted by Gasteiger charge is 2.05. The number of carbonyl (C=O) groups excluding carboxylic acids is 1. The molecule has 0 fully saturated rings. The largest absolute Gasteiger partial charge is 0.441 e. The first-order valence-electron chi connectivity index (χ1n) is 5.80. The highest BCUT2D eigenvalue weighted by atomic mass is 16.4. The Morgan fingerprint density at radius 3 is 2.56 bits per heavy atom. The van der Waals surface area contributed by atoms with Crippen LogP contribution in [-0.4, -0.2) is 15.9 Å². The molecule has 1 N–H and O–H groups in total.